The van der Waals surface area contributed by atoms with Crippen LogP contribution < -0.4 is 0 Å². The zero-order valence-electron chi connectivity index (χ0n) is 15.2. The van der Waals surface area contributed by atoms with Gasteiger partial charge in [-0.25, -0.2) is 8.42 Å². The molecular formula is C19H28N2O4S. The molecule has 7 heteroatoms. The quantitative estimate of drug-likeness (QED) is 0.794. The molecule has 0 bridgehead atoms. The van der Waals surface area contributed by atoms with Crippen LogP contribution in [-0.4, -0.2) is 76.3 Å². The topological polar surface area (TPSA) is 59.1 Å². The highest BCUT2D eigenvalue weighted by Crippen LogP contribution is 2.43. The predicted octanol–water partition coefficient (Wildman–Crippen LogP) is 1.58. The second-order valence-electron chi connectivity index (χ2n) is 7.77. The fourth-order valence-electron chi connectivity index (χ4n) is 4.38. The number of morpholine rings is 1. The van der Waals surface area contributed by atoms with E-state index in [0.717, 1.165) is 58.7 Å². The third kappa shape index (κ3) is 3.82. The summed E-state index contributed by atoms with van der Waals surface area (Å²) in [6, 6.07) is 8.75. The van der Waals surface area contributed by atoms with Gasteiger partial charge in [-0.15, -0.1) is 0 Å². The van der Waals surface area contributed by atoms with Gasteiger partial charge in [0.2, 0.25) is 10.0 Å². The molecule has 1 spiro atoms. The molecule has 0 aliphatic carbocycles. The van der Waals surface area contributed by atoms with Crippen LogP contribution in [0.15, 0.2) is 35.2 Å². The Labute approximate surface area is 156 Å². The van der Waals surface area contributed by atoms with Crippen molar-refractivity contribution in [3.05, 3.63) is 30.3 Å². The number of nitrogens with zero attached hydrogens (tertiary/aromatic N) is 2. The number of piperidine rings is 1. The van der Waals surface area contributed by atoms with Crippen molar-refractivity contribution in [1.82, 2.24) is 9.21 Å². The molecule has 3 aliphatic heterocycles. The summed E-state index contributed by atoms with van der Waals surface area (Å²) >= 11 is 0. The summed E-state index contributed by atoms with van der Waals surface area (Å²) in [5.74, 6) is 0. The van der Waals surface area contributed by atoms with Gasteiger partial charge in [-0.2, -0.15) is 4.31 Å². The summed E-state index contributed by atoms with van der Waals surface area (Å²) in [7, 11) is -3.37. The molecule has 3 aliphatic rings. The van der Waals surface area contributed by atoms with Gasteiger partial charge in [-0.05, 0) is 36.8 Å². The van der Waals surface area contributed by atoms with Crippen LogP contribution in [0.3, 0.4) is 0 Å². The van der Waals surface area contributed by atoms with Crippen molar-refractivity contribution in [2.75, 3.05) is 52.5 Å². The average Bonchev–Trinajstić information content (AvgIpc) is 3.05. The molecule has 0 saturated carbocycles. The van der Waals surface area contributed by atoms with E-state index in [-0.39, 0.29) is 11.5 Å². The van der Waals surface area contributed by atoms with Crippen molar-refractivity contribution in [1.29, 1.82) is 0 Å². The average molecular weight is 381 g/mol. The minimum Gasteiger partial charge on any atom is -0.379 e. The molecule has 144 valence electrons. The molecule has 6 nitrogen and oxygen atoms in total. The van der Waals surface area contributed by atoms with E-state index in [1.807, 2.05) is 6.07 Å². The van der Waals surface area contributed by atoms with Gasteiger partial charge in [-0.1, -0.05) is 18.2 Å². The maximum atomic E-state index is 12.8. The van der Waals surface area contributed by atoms with Crippen LogP contribution >= 0.6 is 0 Å². The van der Waals surface area contributed by atoms with Crippen LogP contribution in [0.1, 0.15) is 19.3 Å². The maximum Gasteiger partial charge on any atom is 0.243 e. The Morgan fingerprint density at radius 1 is 1.04 bits per heavy atom. The van der Waals surface area contributed by atoms with E-state index in [0.29, 0.717) is 18.0 Å². The molecule has 3 saturated heterocycles. The SMILES string of the molecule is O=S(=O)(c1ccccc1)N1CCC2(CC1)COC(CN1CCOCC1)C2. The Morgan fingerprint density at radius 2 is 1.73 bits per heavy atom. The van der Waals surface area contributed by atoms with Gasteiger partial charge in [0, 0.05) is 32.7 Å². The van der Waals surface area contributed by atoms with Crippen LogP contribution in [0.4, 0.5) is 0 Å². The number of rotatable bonds is 4. The van der Waals surface area contributed by atoms with E-state index in [2.05, 4.69) is 4.90 Å². The van der Waals surface area contributed by atoms with Crippen molar-refractivity contribution in [2.45, 2.75) is 30.3 Å². The molecule has 1 unspecified atom stereocenters. The number of hydrogen-bond acceptors (Lipinski definition) is 5. The van der Waals surface area contributed by atoms with Crippen molar-refractivity contribution >= 4 is 10.0 Å². The molecular weight excluding hydrogens is 352 g/mol. The summed E-state index contributed by atoms with van der Waals surface area (Å²) in [5.41, 5.74) is 0.152. The third-order valence-corrected chi connectivity index (χ3v) is 7.93. The molecule has 0 N–H and O–H groups in total. The van der Waals surface area contributed by atoms with Crippen molar-refractivity contribution in [2.24, 2.45) is 5.41 Å². The van der Waals surface area contributed by atoms with E-state index in [1.165, 1.54) is 0 Å². The molecule has 1 aromatic rings. The fourth-order valence-corrected chi connectivity index (χ4v) is 5.84. The number of ether oxygens (including phenoxy) is 2. The van der Waals surface area contributed by atoms with E-state index < -0.39 is 10.0 Å². The van der Waals surface area contributed by atoms with Gasteiger partial charge < -0.3 is 9.47 Å². The predicted molar refractivity (Wildman–Crippen MR) is 98.5 cm³/mol. The van der Waals surface area contributed by atoms with Crippen LogP contribution in [-0.2, 0) is 19.5 Å². The van der Waals surface area contributed by atoms with Crippen LogP contribution in [0, 0.1) is 5.41 Å². The van der Waals surface area contributed by atoms with Gasteiger partial charge in [0.25, 0.3) is 0 Å². The smallest absolute Gasteiger partial charge is 0.243 e. The molecule has 0 amide bonds. The normalized spacial score (nSPS) is 27.8. The summed E-state index contributed by atoms with van der Waals surface area (Å²) in [4.78, 5) is 2.81. The van der Waals surface area contributed by atoms with Crippen LogP contribution in [0.5, 0.6) is 0 Å². The second-order valence-corrected chi connectivity index (χ2v) is 9.71. The highest BCUT2D eigenvalue weighted by molar-refractivity contribution is 7.89. The zero-order chi connectivity index (χ0) is 18.0. The first-order valence-corrected chi connectivity index (χ1v) is 11.0. The van der Waals surface area contributed by atoms with Crippen molar-refractivity contribution in [3.8, 4) is 0 Å². The highest BCUT2D eigenvalue weighted by Gasteiger charge is 2.44. The Bertz CT molecular complexity index is 696. The van der Waals surface area contributed by atoms with E-state index >= 15 is 0 Å². The van der Waals surface area contributed by atoms with E-state index in [9.17, 15) is 8.42 Å². The molecule has 4 rings (SSSR count). The van der Waals surface area contributed by atoms with Gasteiger partial charge in [0.1, 0.15) is 0 Å². The lowest BCUT2D eigenvalue weighted by atomic mass is 9.77. The Kier molecular flexibility index (Phi) is 5.34. The lowest BCUT2D eigenvalue weighted by Crippen LogP contribution is -2.44. The monoisotopic (exact) mass is 380 g/mol. The van der Waals surface area contributed by atoms with Gasteiger partial charge in [-0.3, -0.25) is 4.90 Å². The van der Waals surface area contributed by atoms with E-state index in [1.54, 1.807) is 28.6 Å². The second kappa shape index (κ2) is 7.56. The maximum absolute atomic E-state index is 12.8. The Balaban J connectivity index is 1.33. The van der Waals surface area contributed by atoms with Gasteiger partial charge in [0.15, 0.2) is 0 Å². The van der Waals surface area contributed by atoms with Gasteiger partial charge >= 0.3 is 0 Å². The molecule has 26 heavy (non-hydrogen) atoms. The Hall–Kier alpha value is -0.990. The first-order valence-electron chi connectivity index (χ1n) is 9.54. The molecule has 0 radical (unpaired) electrons. The number of sulfonamides is 1. The Morgan fingerprint density at radius 3 is 2.42 bits per heavy atom. The minimum absolute atomic E-state index is 0.152. The van der Waals surface area contributed by atoms with Gasteiger partial charge in [0.05, 0.1) is 30.8 Å². The highest BCUT2D eigenvalue weighted by atomic mass is 32.2. The first kappa shape index (κ1) is 18.4. The largest absolute Gasteiger partial charge is 0.379 e. The first-order chi connectivity index (χ1) is 12.6. The summed E-state index contributed by atoms with van der Waals surface area (Å²) < 4.78 is 38.7. The molecule has 0 aromatic heterocycles. The van der Waals surface area contributed by atoms with E-state index in [4.69, 9.17) is 9.47 Å². The lowest BCUT2D eigenvalue weighted by molar-refractivity contribution is 0.00567. The zero-order valence-corrected chi connectivity index (χ0v) is 16.0. The summed E-state index contributed by atoms with van der Waals surface area (Å²) in [5, 5.41) is 0. The molecule has 3 fully saturated rings. The lowest BCUT2D eigenvalue weighted by Gasteiger charge is -2.38. The summed E-state index contributed by atoms with van der Waals surface area (Å²) in [6.45, 7) is 6.49. The number of benzene rings is 1. The number of hydrogen-bond donors (Lipinski definition) is 0. The summed E-state index contributed by atoms with van der Waals surface area (Å²) in [6.07, 6.45) is 3.09. The molecule has 3 heterocycles. The minimum atomic E-state index is -3.37. The standard InChI is InChI=1S/C19H28N2O4S/c22-26(23,18-4-2-1-3-5-18)21-8-6-19(7-9-21)14-17(25-16-19)15-20-10-12-24-13-11-20/h1-5,17H,6-16H2. The van der Waals surface area contributed by atoms with Crippen molar-refractivity contribution < 1.29 is 17.9 Å². The fraction of sp³-hybridized carbons (Fsp3) is 0.684. The van der Waals surface area contributed by atoms with Crippen LogP contribution in [0.2, 0.25) is 0 Å². The third-order valence-electron chi connectivity index (χ3n) is 6.02. The van der Waals surface area contributed by atoms with Crippen LogP contribution in [0.25, 0.3) is 0 Å². The molecule has 1 aromatic carbocycles. The molecule has 1 atom stereocenters. The van der Waals surface area contributed by atoms with Crippen molar-refractivity contribution in [3.63, 3.8) is 0 Å².